The van der Waals surface area contributed by atoms with E-state index in [0.29, 0.717) is 6.04 Å². The second kappa shape index (κ2) is 7.47. The van der Waals surface area contributed by atoms with Crippen molar-refractivity contribution in [1.29, 1.82) is 0 Å². The standard InChI is InChI=1S/C22H33BN2O3/c1-21(2)22(3,4)28-23(27-21)18-9-7-8-17(16-18)20(26)25-14-10-19(11-15-25)24-12-5-6-13-24/h7-9,16,19H,5-6,10-15H2,1-4H3. The fourth-order valence-electron chi connectivity index (χ4n) is 4.52. The number of likely N-dealkylation sites (tertiary alicyclic amines) is 2. The second-order valence-corrected chi connectivity index (χ2v) is 9.48. The molecule has 1 aromatic carbocycles. The molecule has 5 nitrogen and oxygen atoms in total. The lowest BCUT2D eigenvalue weighted by atomic mass is 9.78. The van der Waals surface area contributed by atoms with Crippen molar-refractivity contribution in [1.82, 2.24) is 9.80 Å². The number of carbonyl (C=O) groups is 1. The third-order valence-corrected chi connectivity index (χ3v) is 7.07. The highest BCUT2D eigenvalue weighted by atomic mass is 16.7. The highest BCUT2D eigenvalue weighted by Gasteiger charge is 2.51. The first-order valence-electron chi connectivity index (χ1n) is 10.8. The van der Waals surface area contributed by atoms with Gasteiger partial charge in [-0.25, -0.2) is 0 Å². The molecule has 0 aromatic heterocycles. The Morgan fingerprint density at radius 2 is 1.61 bits per heavy atom. The Hall–Kier alpha value is -1.37. The second-order valence-electron chi connectivity index (χ2n) is 9.48. The lowest BCUT2D eigenvalue weighted by Gasteiger charge is -2.36. The zero-order valence-corrected chi connectivity index (χ0v) is 17.7. The van der Waals surface area contributed by atoms with Crippen LogP contribution < -0.4 is 5.46 Å². The van der Waals surface area contributed by atoms with E-state index in [1.807, 2.05) is 56.9 Å². The quantitative estimate of drug-likeness (QED) is 0.752. The van der Waals surface area contributed by atoms with E-state index < -0.39 is 7.12 Å². The molecule has 0 spiro atoms. The van der Waals surface area contributed by atoms with E-state index in [-0.39, 0.29) is 17.1 Å². The largest absolute Gasteiger partial charge is 0.494 e. The molecule has 3 heterocycles. The van der Waals surface area contributed by atoms with Crippen LogP contribution in [0, 0.1) is 0 Å². The molecule has 28 heavy (non-hydrogen) atoms. The van der Waals surface area contributed by atoms with Crippen LogP contribution in [0.5, 0.6) is 0 Å². The lowest BCUT2D eigenvalue weighted by Crippen LogP contribution is -2.46. The van der Waals surface area contributed by atoms with Gasteiger partial charge in [0, 0.05) is 24.7 Å². The molecule has 1 aromatic rings. The maximum absolute atomic E-state index is 13.1. The van der Waals surface area contributed by atoms with E-state index >= 15 is 0 Å². The van der Waals surface area contributed by atoms with Crippen LogP contribution in [0.4, 0.5) is 0 Å². The summed E-state index contributed by atoms with van der Waals surface area (Å²) in [6.07, 6.45) is 4.82. The number of amides is 1. The highest BCUT2D eigenvalue weighted by Crippen LogP contribution is 2.36. The van der Waals surface area contributed by atoms with Gasteiger partial charge in [-0.3, -0.25) is 4.79 Å². The summed E-state index contributed by atoms with van der Waals surface area (Å²) in [6, 6.07) is 8.42. The summed E-state index contributed by atoms with van der Waals surface area (Å²) >= 11 is 0. The van der Waals surface area contributed by atoms with E-state index in [2.05, 4.69) is 4.90 Å². The lowest BCUT2D eigenvalue weighted by molar-refractivity contribution is 0.00578. The third kappa shape index (κ3) is 3.74. The summed E-state index contributed by atoms with van der Waals surface area (Å²) in [4.78, 5) is 17.7. The first-order chi connectivity index (χ1) is 13.3. The van der Waals surface area contributed by atoms with Crippen molar-refractivity contribution in [2.75, 3.05) is 26.2 Å². The van der Waals surface area contributed by atoms with Crippen LogP contribution in [-0.2, 0) is 9.31 Å². The van der Waals surface area contributed by atoms with Gasteiger partial charge in [0.1, 0.15) is 0 Å². The Bertz CT molecular complexity index is 706. The van der Waals surface area contributed by atoms with E-state index in [1.165, 1.54) is 25.9 Å². The topological polar surface area (TPSA) is 42.0 Å². The molecule has 0 aliphatic carbocycles. The Labute approximate surface area is 169 Å². The summed E-state index contributed by atoms with van der Waals surface area (Å²) < 4.78 is 12.3. The molecule has 0 atom stereocenters. The predicted molar refractivity (Wildman–Crippen MR) is 112 cm³/mol. The van der Waals surface area contributed by atoms with Gasteiger partial charge in [0.25, 0.3) is 5.91 Å². The van der Waals surface area contributed by atoms with Gasteiger partial charge < -0.3 is 19.1 Å². The fourth-order valence-corrected chi connectivity index (χ4v) is 4.52. The zero-order chi connectivity index (χ0) is 19.9. The molecule has 3 aliphatic rings. The third-order valence-electron chi connectivity index (χ3n) is 7.07. The van der Waals surface area contributed by atoms with Crippen LogP contribution in [0.2, 0.25) is 0 Å². The van der Waals surface area contributed by atoms with Crippen LogP contribution in [-0.4, -0.2) is 66.2 Å². The van der Waals surface area contributed by atoms with Crippen LogP contribution in [0.1, 0.15) is 63.7 Å². The molecular formula is C22H33BN2O3. The van der Waals surface area contributed by atoms with Gasteiger partial charge in [0.2, 0.25) is 0 Å². The molecule has 1 amide bonds. The van der Waals surface area contributed by atoms with Crippen LogP contribution >= 0.6 is 0 Å². The number of hydrogen-bond donors (Lipinski definition) is 0. The molecule has 4 rings (SSSR count). The number of carbonyl (C=O) groups excluding carboxylic acids is 1. The molecular weight excluding hydrogens is 351 g/mol. The summed E-state index contributed by atoms with van der Waals surface area (Å²) in [6.45, 7) is 12.4. The molecule has 6 heteroatoms. The maximum Gasteiger partial charge on any atom is 0.494 e. The molecule has 3 aliphatic heterocycles. The summed E-state index contributed by atoms with van der Waals surface area (Å²) in [5.41, 5.74) is 0.882. The van der Waals surface area contributed by atoms with Gasteiger partial charge in [-0.1, -0.05) is 12.1 Å². The van der Waals surface area contributed by atoms with E-state index in [9.17, 15) is 4.79 Å². The molecule has 152 valence electrons. The zero-order valence-electron chi connectivity index (χ0n) is 17.7. The minimum atomic E-state index is -0.432. The molecule has 3 saturated heterocycles. The predicted octanol–water partition coefficient (Wildman–Crippen LogP) is 2.69. The van der Waals surface area contributed by atoms with Crippen LogP contribution in [0.3, 0.4) is 0 Å². The normalized spacial score (nSPS) is 25.4. The van der Waals surface area contributed by atoms with Gasteiger partial charge in [-0.2, -0.15) is 0 Å². The first-order valence-corrected chi connectivity index (χ1v) is 10.8. The number of rotatable bonds is 3. The summed E-state index contributed by atoms with van der Waals surface area (Å²) in [5.74, 6) is 0.123. The monoisotopic (exact) mass is 384 g/mol. The molecule has 3 fully saturated rings. The smallest absolute Gasteiger partial charge is 0.399 e. The van der Waals surface area contributed by atoms with Gasteiger partial charge in [0.05, 0.1) is 11.2 Å². The minimum absolute atomic E-state index is 0.123. The first kappa shape index (κ1) is 19.9. The van der Waals surface area contributed by atoms with E-state index in [0.717, 1.165) is 37.0 Å². The number of hydrogen-bond acceptors (Lipinski definition) is 4. The van der Waals surface area contributed by atoms with Gasteiger partial charge in [-0.15, -0.1) is 0 Å². The average Bonchev–Trinajstić information content (AvgIpc) is 3.28. The minimum Gasteiger partial charge on any atom is -0.399 e. The van der Waals surface area contributed by atoms with Gasteiger partial charge in [0.15, 0.2) is 0 Å². The van der Waals surface area contributed by atoms with Crippen molar-refractivity contribution >= 4 is 18.5 Å². The van der Waals surface area contributed by atoms with Crippen molar-refractivity contribution in [3.05, 3.63) is 29.8 Å². The SMILES string of the molecule is CC1(C)OB(c2cccc(C(=O)N3CCC(N4CCCC4)CC3)c2)OC1(C)C. The number of piperidine rings is 1. The average molecular weight is 384 g/mol. The van der Waals surface area contributed by atoms with Crippen molar-refractivity contribution in [2.45, 2.75) is 70.6 Å². The van der Waals surface area contributed by atoms with Crippen molar-refractivity contribution in [2.24, 2.45) is 0 Å². The van der Waals surface area contributed by atoms with Crippen molar-refractivity contribution in [3.63, 3.8) is 0 Å². The molecule has 0 saturated carbocycles. The van der Waals surface area contributed by atoms with E-state index in [1.54, 1.807) is 0 Å². The Balaban J connectivity index is 1.41. The number of nitrogens with zero attached hydrogens (tertiary/aromatic N) is 2. The highest BCUT2D eigenvalue weighted by molar-refractivity contribution is 6.62. The Kier molecular flexibility index (Phi) is 5.32. The Morgan fingerprint density at radius 1 is 1.00 bits per heavy atom. The Morgan fingerprint density at radius 3 is 2.21 bits per heavy atom. The molecule has 0 radical (unpaired) electrons. The maximum atomic E-state index is 13.1. The van der Waals surface area contributed by atoms with Crippen molar-refractivity contribution in [3.8, 4) is 0 Å². The van der Waals surface area contributed by atoms with Crippen molar-refractivity contribution < 1.29 is 14.1 Å². The summed E-state index contributed by atoms with van der Waals surface area (Å²) in [5, 5.41) is 0. The molecule has 0 N–H and O–H groups in total. The van der Waals surface area contributed by atoms with Gasteiger partial charge >= 0.3 is 7.12 Å². The number of benzene rings is 1. The van der Waals surface area contributed by atoms with Crippen LogP contribution in [0.25, 0.3) is 0 Å². The summed E-state index contributed by atoms with van der Waals surface area (Å²) in [7, 11) is -0.432. The fraction of sp³-hybridized carbons (Fsp3) is 0.682. The van der Waals surface area contributed by atoms with Crippen LogP contribution in [0.15, 0.2) is 24.3 Å². The van der Waals surface area contributed by atoms with E-state index in [4.69, 9.17) is 9.31 Å². The van der Waals surface area contributed by atoms with Gasteiger partial charge in [-0.05, 0) is 84.1 Å². The molecule has 0 bridgehead atoms. The molecule has 0 unspecified atom stereocenters.